The van der Waals surface area contributed by atoms with Gasteiger partial charge in [0.2, 0.25) is 5.95 Å². The van der Waals surface area contributed by atoms with Crippen molar-refractivity contribution in [2.45, 2.75) is 44.6 Å². The van der Waals surface area contributed by atoms with E-state index in [1.165, 1.54) is 37.7 Å². The summed E-state index contributed by atoms with van der Waals surface area (Å²) in [6.45, 7) is 0.740. The minimum Gasteiger partial charge on any atom is -0.497 e. The maximum atomic E-state index is 5.25. The molecule has 1 aliphatic rings. The lowest BCUT2D eigenvalue weighted by Crippen LogP contribution is -2.13. The Hall–Kier alpha value is -3.68. The van der Waals surface area contributed by atoms with E-state index in [9.17, 15) is 0 Å². The maximum Gasteiger partial charge on any atom is 0.231 e. The summed E-state index contributed by atoms with van der Waals surface area (Å²) in [5.74, 6) is 2.17. The van der Waals surface area contributed by atoms with Crippen molar-refractivity contribution < 1.29 is 4.74 Å². The molecule has 0 amide bonds. The standard InChI is InChI=1S/C25H29N7O/c1-33-21-9-7-18(8-10-21)11-16-27-23-22-24(32(17-28-22)20-5-3-2-4-6-20)31-25(30-23)29-19-12-14-26-15-13-19/h7-10,12-15,17,20H,2-6,11,16H2,1H3,(H2,26,27,29,30,31). The van der Waals surface area contributed by atoms with E-state index in [2.05, 4.69) is 32.3 Å². The molecule has 3 aromatic heterocycles. The first kappa shape index (κ1) is 21.2. The van der Waals surface area contributed by atoms with Crippen molar-refractivity contribution in [3.05, 3.63) is 60.7 Å². The van der Waals surface area contributed by atoms with Gasteiger partial charge in [-0.2, -0.15) is 9.97 Å². The molecule has 8 heteroatoms. The van der Waals surface area contributed by atoms with E-state index in [0.717, 1.165) is 41.4 Å². The van der Waals surface area contributed by atoms with Crippen LogP contribution in [0.5, 0.6) is 5.75 Å². The van der Waals surface area contributed by atoms with Gasteiger partial charge in [-0.05, 0) is 49.1 Å². The van der Waals surface area contributed by atoms with Crippen LogP contribution in [0.4, 0.5) is 17.5 Å². The number of aromatic nitrogens is 5. The van der Waals surface area contributed by atoms with Gasteiger partial charge in [-0.3, -0.25) is 4.98 Å². The normalized spacial score (nSPS) is 14.3. The molecule has 3 heterocycles. The summed E-state index contributed by atoms with van der Waals surface area (Å²) in [5.41, 5.74) is 3.82. The summed E-state index contributed by atoms with van der Waals surface area (Å²) in [6.07, 6.45) is 12.5. The first-order valence-corrected chi connectivity index (χ1v) is 11.6. The molecule has 1 fully saturated rings. The molecule has 5 rings (SSSR count). The van der Waals surface area contributed by atoms with Gasteiger partial charge < -0.3 is 19.9 Å². The summed E-state index contributed by atoms with van der Waals surface area (Å²) in [6, 6.07) is 12.4. The van der Waals surface area contributed by atoms with Crippen LogP contribution >= 0.6 is 0 Å². The van der Waals surface area contributed by atoms with Gasteiger partial charge in [0.25, 0.3) is 0 Å². The molecular weight excluding hydrogens is 414 g/mol. The summed E-state index contributed by atoms with van der Waals surface area (Å²) >= 11 is 0. The van der Waals surface area contributed by atoms with E-state index in [0.29, 0.717) is 12.0 Å². The predicted molar refractivity (Wildman–Crippen MR) is 130 cm³/mol. The molecule has 0 spiro atoms. The van der Waals surface area contributed by atoms with E-state index in [1.54, 1.807) is 19.5 Å². The van der Waals surface area contributed by atoms with Crippen molar-refractivity contribution in [2.75, 3.05) is 24.3 Å². The Balaban J connectivity index is 1.41. The summed E-state index contributed by atoms with van der Waals surface area (Å²) in [4.78, 5) is 18.4. The van der Waals surface area contributed by atoms with Crippen LogP contribution in [0.15, 0.2) is 55.1 Å². The van der Waals surface area contributed by atoms with Gasteiger partial charge >= 0.3 is 0 Å². The zero-order valence-corrected chi connectivity index (χ0v) is 18.9. The first-order valence-electron chi connectivity index (χ1n) is 11.6. The fraction of sp³-hybridized carbons (Fsp3) is 0.360. The van der Waals surface area contributed by atoms with Crippen LogP contribution in [-0.2, 0) is 6.42 Å². The second kappa shape index (κ2) is 9.85. The van der Waals surface area contributed by atoms with Gasteiger partial charge in [-0.25, -0.2) is 4.98 Å². The Bertz CT molecular complexity index is 1180. The average Bonchev–Trinajstić information content (AvgIpc) is 3.30. The Morgan fingerprint density at radius 3 is 2.55 bits per heavy atom. The number of imidazole rings is 1. The van der Waals surface area contributed by atoms with Crippen molar-refractivity contribution in [2.24, 2.45) is 0 Å². The third kappa shape index (κ3) is 4.89. The molecule has 0 radical (unpaired) electrons. The Morgan fingerprint density at radius 2 is 1.79 bits per heavy atom. The van der Waals surface area contributed by atoms with Crippen LogP contribution in [0.3, 0.4) is 0 Å². The number of methoxy groups -OCH3 is 1. The van der Waals surface area contributed by atoms with E-state index in [4.69, 9.17) is 19.7 Å². The molecule has 1 saturated carbocycles. The van der Waals surface area contributed by atoms with Gasteiger partial charge in [0.05, 0.1) is 13.4 Å². The molecule has 33 heavy (non-hydrogen) atoms. The molecule has 8 nitrogen and oxygen atoms in total. The van der Waals surface area contributed by atoms with Crippen molar-refractivity contribution in [3.63, 3.8) is 0 Å². The maximum absolute atomic E-state index is 5.25. The van der Waals surface area contributed by atoms with Crippen LogP contribution in [0.1, 0.15) is 43.7 Å². The molecule has 0 atom stereocenters. The van der Waals surface area contributed by atoms with E-state index in [1.807, 2.05) is 30.6 Å². The molecule has 0 bridgehead atoms. The largest absolute Gasteiger partial charge is 0.497 e. The third-order valence-electron chi connectivity index (χ3n) is 6.19. The molecule has 0 unspecified atom stereocenters. The predicted octanol–water partition coefficient (Wildman–Crippen LogP) is 5.13. The number of ether oxygens (including phenoxy) is 1. The number of pyridine rings is 1. The lowest BCUT2D eigenvalue weighted by atomic mass is 9.95. The number of fused-ring (bicyclic) bond motifs is 1. The smallest absolute Gasteiger partial charge is 0.231 e. The van der Waals surface area contributed by atoms with E-state index >= 15 is 0 Å². The van der Waals surface area contributed by atoms with Crippen molar-refractivity contribution in [3.8, 4) is 5.75 Å². The Morgan fingerprint density at radius 1 is 1.00 bits per heavy atom. The highest BCUT2D eigenvalue weighted by atomic mass is 16.5. The van der Waals surface area contributed by atoms with Gasteiger partial charge in [-0.1, -0.05) is 31.4 Å². The lowest BCUT2D eigenvalue weighted by molar-refractivity contribution is 0.358. The van der Waals surface area contributed by atoms with Crippen LogP contribution in [-0.4, -0.2) is 38.2 Å². The minimum atomic E-state index is 0.444. The fourth-order valence-electron chi connectivity index (χ4n) is 4.40. The number of rotatable bonds is 8. The molecule has 0 aliphatic heterocycles. The van der Waals surface area contributed by atoms with E-state index < -0.39 is 0 Å². The highest BCUT2D eigenvalue weighted by molar-refractivity contribution is 5.84. The minimum absolute atomic E-state index is 0.444. The Kier molecular flexibility index (Phi) is 6.32. The molecule has 1 aliphatic carbocycles. The number of benzene rings is 1. The molecule has 1 aromatic carbocycles. The third-order valence-corrected chi connectivity index (χ3v) is 6.19. The second-order valence-electron chi connectivity index (χ2n) is 8.40. The Labute approximate surface area is 193 Å². The average molecular weight is 444 g/mol. The summed E-state index contributed by atoms with van der Waals surface area (Å²) in [7, 11) is 1.68. The van der Waals surface area contributed by atoms with Crippen LogP contribution in [0.2, 0.25) is 0 Å². The van der Waals surface area contributed by atoms with Crippen molar-refractivity contribution in [1.29, 1.82) is 0 Å². The second-order valence-corrected chi connectivity index (χ2v) is 8.40. The summed E-state index contributed by atoms with van der Waals surface area (Å²) in [5, 5.41) is 6.82. The van der Waals surface area contributed by atoms with Crippen LogP contribution in [0, 0.1) is 0 Å². The zero-order chi connectivity index (χ0) is 22.5. The highest BCUT2D eigenvalue weighted by Crippen LogP contribution is 2.32. The van der Waals surface area contributed by atoms with Gasteiger partial charge in [-0.15, -0.1) is 0 Å². The van der Waals surface area contributed by atoms with Crippen molar-refractivity contribution >= 4 is 28.6 Å². The lowest BCUT2D eigenvalue weighted by Gasteiger charge is -2.23. The fourth-order valence-corrected chi connectivity index (χ4v) is 4.40. The van der Waals surface area contributed by atoms with E-state index in [-0.39, 0.29) is 0 Å². The molecule has 4 aromatic rings. The van der Waals surface area contributed by atoms with Crippen LogP contribution < -0.4 is 15.4 Å². The number of anilines is 3. The van der Waals surface area contributed by atoms with Gasteiger partial charge in [0.15, 0.2) is 17.0 Å². The molecule has 170 valence electrons. The molecular formula is C25H29N7O. The quantitative estimate of drug-likeness (QED) is 0.390. The van der Waals surface area contributed by atoms with Crippen LogP contribution in [0.25, 0.3) is 11.2 Å². The molecule has 0 saturated heterocycles. The van der Waals surface area contributed by atoms with Gasteiger partial charge in [0.1, 0.15) is 5.75 Å². The molecule has 2 N–H and O–H groups in total. The van der Waals surface area contributed by atoms with Crippen molar-refractivity contribution in [1.82, 2.24) is 24.5 Å². The first-order chi connectivity index (χ1) is 16.3. The highest BCUT2D eigenvalue weighted by Gasteiger charge is 2.21. The topological polar surface area (TPSA) is 89.8 Å². The number of nitrogens with one attached hydrogen (secondary N) is 2. The SMILES string of the molecule is COc1ccc(CCNc2nc(Nc3ccncc3)nc3c2ncn3C2CCCCC2)cc1. The monoisotopic (exact) mass is 443 g/mol. The number of hydrogen-bond donors (Lipinski definition) is 2. The van der Waals surface area contributed by atoms with Gasteiger partial charge in [0, 0.05) is 30.7 Å². The summed E-state index contributed by atoms with van der Waals surface area (Å²) < 4.78 is 7.49. The zero-order valence-electron chi connectivity index (χ0n) is 18.9. The number of hydrogen-bond acceptors (Lipinski definition) is 7. The number of nitrogens with zero attached hydrogens (tertiary/aromatic N) is 5.